The fourth-order valence-electron chi connectivity index (χ4n) is 2.66. The number of hydrogen-bond acceptors (Lipinski definition) is 5. The molecule has 0 bridgehead atoms. The molecule has 4 heterocycles. The first kappa shape index (κ1) is 9.95. The number of H-pyrrole nitrogens is 1. The summed E-state index contributed by atoms with van der Waals surface area (Å²) in [6.45, 7) is 4.20. The number of imidazole rings is 1. The van der Waals surface area contributed by atoms with Gasteiger partial charge in [0.05, 0.1) is 6.33 Å². The van der Waals surface area contributed by atoms with Crippen molar-refractivity contribution in [3.63, 3.8) is 0 Å². The van der Waals surface area contributed by atoms with Gasteiger partial charge in [0.2, 0.25) is 0 Å². The molecular formula is C11H13N7. The molecule has 0 aliphatic carbocycles. The first-order valence-electron chi connectivity index (χ1n) is 6.08. The van der Waals surface area contributed by atoms with E-state index in [-0.39, 0.29) is 0 Å². The SMILES string of the molecule is CC1CNCC1c1nnc2c3[nH]cnc3ncn12. The first-order chi connectivity index (χ1) is 8.84. The highest BCUT2D eigenvalue weighted by Crippen LogP contribution is 2.27. The van der Waals surface area contributed by atoms with Crippen molar-refractivity contribution in [3.8, 4) is 0 Å². The van der Waals surface area contributed by atoms with Crippen LogP contribution in [0, 0.1) is 5.92 Å². The van der Waals surface area contributed by atoms with Crippen molar-refractivity contribution in [3.05, 3.63) is 18.5 Å². The van der Waals surface area contributed by atoms with Crippen LogP contribution in [0.15, 0.2) is 12.7 Å². The molecule has 0 radical (unpaired) electrons. The van der Waals surface area contributed by atoms with Crippen LogP contribution in [-0.2, 0) is 0 Å². The van der Waals surface area contributed by atoms with E-state index >= 15 is 0 Å². The molecule has 0 amide bonds. The lowest BCUT2D eigenvalue weighted by Crippen LogP contribution is -2.12. The molecule has 2 atom stereocenters. The second kappa shape index (κ2) is 3.49. The van der Waals surface area contributed by atoms with Crippen molar-refractivity contribution in [2.24, 2.45) is 5.92 Å². The fourth-order valence-corrected chi connectivity index (χ4v) is 2.66. The molecule has 1 saturated heterocycles. The topological polar surface area (TPSA) is 83.8 Å². The highest BCUT2D eigenvalue weighted by Gasteiger charge is 2.29. The molecule has 2 N–H and O–H groups in total. The number of rotatable bonds is 1. The molecular weight excluding hydrogens is 230 g/mol. The zero-order valence-electron chi connectivity index (χ0n) is 9.96. The third-order valence-corrected chi connectivity index (χ3v) is 3.71. The number of aromatic amines is 1. The van der Waals surface area contributed by atoms with E-state index in [1.165, 1.54) is 0 Å². The Labute approximate surface area is 103 Å². The van der Waals surface area contributed by atoms with E-state index in [1.54, 1.807) is 12.7 Å². The average Bonchev–Trinajstić information content (AvgIpc) is 3.04. The lowest BCUT2D eigenvalue weighted by Gasteiger charge is -2.11. The van der Waals surface area contributed by atoms with Crippen LogP contribution >= 0.6 is 0 Å². The zero-order valence-corrected chi connectivity index (χ0v) is 9.96. The Balaban J connectivity index is 1.96. The van der Waals surface area contributed by atoms with Gasteiger partial charge in [-0.2, -0.15) is 0 Å². The minimum absolute atomic E-state index is 0.391. The molecule has 1 aliphatic heterocycles. The Bertz CT molecular complexity index is 712. The van der Waals surface area contributed by atoms with E-state index in [0.717, 1.165) is 30.1 Å². The molecule has 92 valence electrons. The highest BCUT2D eigenvalue weighted by atomic mass is 15.3. The van der Waals surface area contributed by atoms with Crippen molar-refractivity contribution < 1.29 is 0 Å². The van der Waals surface area contributed by atoms with E-state index in [0.29, 0.717) is 17.5 Å². The number of aromatic nitrogens is 6. The molecule has 0 saturated carbocycles. The van der Waals surface area contributed by atoms with Crippen LogP contribution in [0.1, 0.15) is 18.7 Å². The lowest BCUT2D eigenvalue weighted by atomic mass is 9.97. The molecule has 3 aromatic rings. The van der Waals surface area contributed by atoms with Crippen molar-refractivity contribution in [2.75, 3.05) is 13.1 Å². The van der Waals surface area contributed by atoms with Crippen molar-refractivity contribution in [1.29, 1.82) is 0 Å². The van der Waals surface area contributed by atoms with Crippen LogP contribution in [0.5, 0.6) is 0 Å². The Morgan fingerprint density at radius 3 is 3.06 bits per heavy atom. The lowest BCUT2D eigenvalue weighted by molar-refractivity contribution is 0.541. The van der Waals surface area contributed by atoms with Crippen LogP contribution in [0.25, 0.3) is 16.8 Å². The van der Waals surface area contributed by atoms with Crippen LogP contribution < -0.4 is 5.32 Å². The second-order valence-corrected chi connectivity index (χ2v) is 4.84. The van der Waals surface area contributed by atoms with E-state index < -0.39 is 0 Å². The number of fused-ring (bicyclic) bond motifs is 3. The largest absolute Gasteiger partial charge is 0.340 e. The van der Waals surface area contributed by atoms with E-state index in [9.17, 15) is 0 Å². The van der Waals surface area contributed by atoms with Crippen molar-refractivity contribution in [2.45, 2.75) is 12.8 Å². The smallest absolute Gasteiger partial charge is 0.189 e. The molecule has 3 aromatic heterocycles. The highest BCUT2D eigenvalue weighted by molar-refractivity contribution is 5.84. The molecule has 1 aliphatic rings. The number of hydrogen-bond donors (Lipinski definition) is 2. The summed E-state index contributed by atoms with van der Waals surface area (Å²) in [6.07, 6.45) is 3.39. The predicted octanol–water partition coefficient (Wildman–Crippen LogP) is 0.323. The molecule has 7 nitrogen and oxygen atoms in total. The van der Waals surface area contributed by atoms with Gasteiger partial charge in [0.15, 0.2) is 11.3 Å². The molecule has 0 aromatic carbocycles. The van der Waals surface area contributed by atoms with Gasteiger partial charge in [-0.05, 0) is 12.5 Å². The monoisotopic (exact) mass is 243 g/mol. The Morgan fingerprint density at radius 1 is 1.28 bits per heavy atom. The molecule has 0 spiro atoms. The van der Waals surface area contributed by atoms with Gasteiger partial charge in [-0.3, -0.25) is 4.40 Å². The van der Waals surface area contributed by atoms with E-state index in [1.807, 2.05) is 4.40 Å². The summed E-state index contributed by atoms with van der Waals surface area (Å²) < 4.78 is 1.97. The van der Waals surface area contributed by atoms with Crippen LogP contribution in [0.2, 0.25) is 0 Å². The van der Waals surface area contributed by atoms with Crippen molar-refractivity contribution >= 4 is 16.8 Å². The minimum Gasteiger partial charge on any atom is -0.340 e. The van der Waals surface area contributed by atoms with Crippen molar-refractivity contribution in [1.82, 2.24) is 34.9 Å². The van der Waals surface area contributed by atoms with Gasteiger partial charge in [0.1, 0.15) is 17.7 Å². The molecule has 18 heavy (non-hydrogen) atoms. The van der Waals surface area contributed by atoms with Gasteiger partial charge in [-0.25, -0.2) is 9.97 Å². The number of nitrogens with one attached hydrogen (secondary N) is 2. The average molecular weight is 243 g/mol. The normalized spacial score (nSPS) is 24.3. The summed E-state index contributed by atoms with van der Waals surface area (Å²) in [6, 6.07) is 0. The summed E-state index contributed by atoms with van der Waals surface area (Å²) in [5, 5.41) is 12.0. The molecule has 1 fully saturated rings. The maximum Gasteiger partial charge on any atom is 0.189 e. The predicted molar refractivity (Wildman–Crippen MR) is 65.2 cm³/mol. The summed E-state index contributed by atoms with van der Waals surface area (Å²) in [7, 11) is 0. The van der Waals surface area contributed by atoms with Crippen LogP contribution in [-0.4, -0.2) is 42.6 Å². The van der Waals surface area contributed by atoms with Gasteiger partial charge in [-0.15, -0.1) is 10.2 Å². The molecule has 4 rings (SSSR count). The summed E-state index contributed by atoms with van der Waals surface area (Å²) in [5.74, 6) is 1.93. The maximum atomic E-state index is 4.34. The zero-order chi connectivity index (χ0) is 12.1. The minimum atomic E-state index is 0.391. The number of nitrogens with zero attached hydrogens (tertiary/aromatic N) is 5. The van der Waals surface area contributed by atoms with Gasteiger partial charge in [0, 0.05) is 12.5 Å². The summed E-state index contributed by atoms with van der Waals surface area (Å²) in [5.41, 5.74) is 2.32. The molecule has 2 unspecified atom stereocenters. The second-order valence-electron chi connectivity index (χ2n) is 4.84. The summed E-state index contributed by atoms with van der Waals surface area (Å²) in [4.78, 5) is 11.5. The first-order valence-corrected chi connectivity index (χ1v) is 6.08. The Hall–Kier alpha value is -2.02. The van der Waals surface area contributed by atoms with Gasteiger partial charge < -0.3 is 10.3 Å². The Morgan fingerprint density at radius 2 is 2.22 bits per heavy atom. The van der Waals surface area contributed by atoms with E-state index in [4.69, 9.17) is 0 Å². The van der Waals surface area contributed by atoms with Crippen LogP contribution in [0.4, 0.5) is 0 Å². The third-order valence-electron chi connectivity index (χ3n) is 3.71. The quantitative estimate of drug-likeness (QED) is 0.643. The van der Waals surface area contributed by atoms with Gasteiger partial charge in [0.25, 0.3) is 0 Å². The molecule has 7 heteroatoms. The third kappa shape index (κ3) is 1.22. The van der Waals surface area contributed by atoms with Gasteiger partial charge >= 0.3 is 0 Å². The fraction of sp³-hybridized carbons (Fsp3) is 0.455. The summed E-state index contributed by atoms with van der Waals surface area (Å²) >= 11 is 0. The Kier molecular flexibility index (Phi) is 1.93. The van der Waals surface area contributed by atoms with E-state index in [2.05, 4.69) is 37.4 Å². The van der Waals surface area contributed by atoms with Crippen LogP contribution in [0.3, 0.4) is 0 Å². The maximum absolute atomic E-state index is 4.34. The van der Waals surface area contributed by atoms with Gasteiger partial charge in [-0.1, -0.05) is 6.92 Å². The standard InChI is InChI=1S/C11H13N7/c1-6-2-12-3-7(6)10-16-17-11-8-9(14-4-13-8)15-5-18(10)11/h4-7,12H,2-3H2,1H3,(H,13,14).